The summed E-state index contributed by atoms with van der Waals surface area (Å²) in [6, 6.07) is 13.9. The molecular formula is C26H33F3N2O4. The van der Waals surface area contributed by atoms with Crippen molar-refractivity contribution in [2.75, 3.05) is 20.1 Å². The van der Waals surface area contributed by atoms with Gasteiger partial charge in [-0.1, -0.05) is 30.3 Å². The molecule has 2 amide bonds. The van der Waals surface area contributed by atoms with Crippen molar-refractivity contribution in [3.8, 4) is 5.75 Å². The fraction of sp³-hybridized carbons (Fsp3) is 0.462. The van der Waals surface area contributed by atoms with E-state index in [1.807, 2.05) is 30.3 Å². The Hall–Kier alpha value is -3.23. The van der Waals surface area contributed by atoms with Crippen LogP contribution in [-0.4, -0.2) is 42.6 Å². The lowest BCUT2D eigenvalue weighted by atomic mass is 10.1. The average Bonchev–Trinajstić information content (AvgIpc) is 2.78. The van der Waals surface area contributed by atoms with Gasteiger partial charge in [0.15, 0.2) is 0 Å². The maximum Gasteiger partial charge on any atom is 0.416 e. The summed E-state index contributed by atoms with van der Waals surface area (Å²) < 4.78 is 49.7. The fourth-order valence-corrected chi connectivity index (χ4v) is 3.22. The van der Waals surface area contributed by atoms with E-state index in [1.54, 1.807) is 32.7 Å². The molecule has 0 fully saturated rings. The van der Waals surface area contributed by atoms with E-state index in [1.165, 1.54) is 12.1 Å². The monoisotopic (exact) mass is 494 g/mol. The minimum Gasteiger partial charge on any atom is -0.486 e. The quantitative estimate of drug-likeness (QED) is 0.413. The molecule has 1 N–H and O–H groups in total. The number of carbonyl (C=O) groups is 2. The Balaban J connectivity index is 1.89. The molecule has 0 aromatic heterocycles. The number of nitrogens with one attached hydrogen (secondary N) is 1. The first-order valence-electron chi connectivity index (χ1n) is 11.4. The Kier molecular flexibility index (Phi) is 9.98. The topological polar surface area (TPSA) is 67.9 Å². The molecule has 6 nitrogen and oxygen atoms in total. The molecule has 0 spiro atoms. The highest BCUT2D eigenvalue weighted by Crippen LogP contribution is 2.32. The third-order valence-corrected chi connectivity index (χ3v) is 5.02. The Morgan fingerprint density at radius 3 is 2.20 bits per heavy atom. The number of halogens is 3. The highest BCUT2D eigenvalue weighted by Gasteiger charge is 2.30. The smallest absolute Gasteiger partial charge is 0.416 e. The molecule has 0 heterocycles. The second kappa shape index (κ2) is 12.5. The van der Waals surface area contributed by atoms with E-state index in [2.05, 4.69) is 5.32 Å². The number of amides is 2. The van der Waals surface area contributed by atoms with Crippen molar-refractivity contribution >= 4 is 12.0 Å². The summed E-state index contributed by atoms with van der Waals surface area (Å²) >= 11 is 0. The van der Waals surface area contributed by atoms with Crippen molar-refractivity contribution in [1.29, 1.82) is 0 Å². The minimum absolute atomic E-state index is 0.0858. The molecule has 0 aliphatic carbocycles. The van der Waals surface area contributed by atoms with Gasteiger partial charge in [0.25, 0.3) is 0 Å². The van der Waals surface area contributed by atoms with E-state index >= 15 is 0 Å². The summed E-state index contributed by atoms with van der Waals surface area (Å²) in [4.78, 5) is 25.7. The molecule has 0 bridgehead atoms. The van der Waals surface area contributed by atoms with Crippen LogP contribution in [0.25, 0.3) is 0 Å². The van der Waals surface area contributed by atoms with E-state index in [4.69, 9.17) is 9.47 Å². The number of alkyl halides is 3. The van der Waals surface area contributed by atoms with Gasteiger partial charge in [0.1, 0.15) is 17.5 Å². The van der Waals surface area contributed by atoms with Crippen LogP contribution in [0.5, 0.6) is 5.75 Å². The van der Waals surface area contributed by atoms with Crippen LogP contribution in [0.2, 0.25) is 0 Å². The minimum atomic E-state index is -4.41. The Morgan fingerprint density at radius 2 is 1.63 bits per heavy atom. The number of benzene rings is 2. The number of rotatable bonds is 10. The third kappa shape index (κ3) is 10.3. The molecule has 35 heavy (non-hydrogen) atoms. The number of hydrogen-bond donors (Lipinski definition) is 1. The van der Waals surface area contributed by atoms with Crippen LogP contribution in [0.1, 0.15) is 57.3 Å². The molecule has 192 valence electrons. The second-order valence-corrected chi connectivity index (χ2v) is 9.18. The van der Waals surface area contributed by atoms with Crippen molar-refractivity contribution in [2.24, 2.45) is 0 Å². The van der Waals surface area contributed by atoms with Gasteiger partial charge in [-0.3, -0.25) is 4.79 Å². The molecule has 0 aliphatic rings. The second-order valence-electron chi connectivity index (χ2n) is 9.18. The number of alkyl carbamates (subject to hydrolysis) is 1. The largest absolute Gasteiger partial charge is 0.486 e. The van der Waals surface area contributed by atoms with Crippen LogP contribution >= 0.6 is 0 Å². The lowest BCUT2D eigenvalue weighted by Gasteiger charge is -2.24. The molecule has 2 rings (SSSR count). The first-order valence-corrected chi connectivity index (χ1v) is 11.4. The number of hydrogen-bond acceptors (Lipinski definition) is 4. The third-order valence-electron chi connectivity index (χ3n) is 5.02. The van der Waals surface area contributed by atoms with Gasteiger partial charge < -0.3 is 19.7 Å². The van der Waals surface area contributed by atoms with Crippen LogP contribution in [0, 0.1) is 0 Å². The molecule has 0 saturated carbocycles. The normalized spacial score (nSPS) is 12.5. The highest BCUT2D eigenvalue weighted by molar-refractivity contribution is 5.76. The van der Waals surface area contributed by atoms with Crippen LogP contribution in [0.3, 0.4) is 0 Å². The molecule has 9 heteroatoms. The van der Waals surface area contributed by atoms with E-state index < -0.39 is 29.5 Å². The standard InChI is InChI=1S/C26H33F3N2O4/c1-25(2,3)35-24(33)30-17-8-11-23(32)31(4)18-16-22(19-9-6-5-7-10-19)34-21-14-12-20(13-15-21)26(27,28)29/h5-7,9-10,12-15,22H,8,11,16-18H2,1-4H3,(H,30,33). The van der Waals surface area contributed by atoms with Gasteiger partial charge in [-0.05, 0) is 57.0 Å². The molecule has 0 radical (unpaired) electrons. The van der Waals surface area contributed by atoms with Gasteiger partial charge in [0.05, 0.1) is 5.56 Å². The zero-order valence-corrected chi connectivity index (χ0v) is 20.5. The maximum absolute atomic E-state index is 12.8. The van der Waals surface area contributed by atoms with Gasteiger partial charge in [-0.25, -0.2) is 4.79 Å². The summed E-state index contributed by atoms with van der Waals surface area (Å²) in [5, 5.41) is 2.62. The first kappa shape index (κ1) is 28.0. The van der Waals surface area contributed by atoms with E-state index in [9.17, 15) is 22.8 Å². The van der Waals surface area contributed by atoms with Crippen molar-refractivity contribution in [3.63, 3.8) is 0 Å². The van der Waals surface area contributed by atoms with Crippen molar-refractivity contribution < 1.29 is 32.2 Å². The van der Waals surface area contributed by atoms with Crippen molar-refractivity contribution in [2.45, 2.75) is 57.9 Å². The molecule has 2 aromatic rings. The highest BCUT2D eigenvalue weighted by atomic mass is 19.4. The predicted octanol–water partition coefficient (Wildman–Crippen LogP) is 5.98. The Bertz CT molecular complexity index is 942. The van der Waals surface area contributed by atoms with Gasteiger partial charge in [0, 0.05) is 33.0 Å². The van der Waals surface area contributed by atoms with E-state index in [0.717, 1.165) is 17.7 Å². The van der Waals surface area contributed by atoms with Gasteiger partial charge in [-0.15, -0.1) is 0 Å². The Labute approximate surface area is 204 Å². The molecule has 0 saturated heterocycles. The lowest BCUT2D eigenvalue weighted by Crippen LogP contribution is -2.34. The van der Waals surface area contributed by atoms with E-state index in [-0.39, 0.29) is 12.3 Å². The molecular weight excluding hydrogens is 461 g/mol. The summed E-state index contributed by atoms with van der Waals surface area (Å²) in [6.07, 6.45) is -4.22. The van der Waals surface area contributed by atoms with Crippen LogP contribution in [0.4, 0.5) is 18.0 Å². The SMILES string of the molecule is CN(CCC(Oc1ccc(C(F)(F)F)cc1)c1ccccc1)C(=O)CCCNC(=O)OC(C)(C)C. The number of ether oxygens (including phenoxy) is 2. The summed E-state index contributed by atoms with van der Waals surface area (Å²) in [5.41, 5.74) is -0.472. The zero-order valence-electron chi connectivity index (χ0n) is 20.5. The lowest BCUT2D eigenvalue weighted by molar-refractivity contribution is -0.137. The van der Waals surface area contributed by atoms with Gasteiger partial charge in [-0.2, -0.15) is 13.2 Å². The zero-order chi connectivity index (χ0) is 26.1. The maximum atomic E-state index is 12.8. The van der Waals surface area contributed by atoms with Crippen molar-refractivity contribution in [3.05, 3.63) is 65.7 Å². The van der Waals surface area contributed by atoms with Crippen molar-refractivity contribution in [1.82, 2.24) is 10.2 Å². The summed E-state index contributed by atoms with van der Waals surface area (Å²) in [5.74, 6) is 0.228. The summed E-state index contributed by atoms with van der Waals surface area (Å²) in [6.45, 7) is 6.02. The van der Waals surface area contributed by atoms with E-state index in [0.29, 0.717) is 31.7 Å². The number of nitrogens with zero attached hydrogens (tertiary/aromatic N) is 1. The van der Waals surface area contributed by atoms with Gasteiger partial charge in [0.2, 0.25) is 5.91 Å². The predicted molar refractivity (Wildman–Crippen MR) is 127 cm³/mol. The van der Waals surface area contributed by atoms with Gasteiger partial charge >= 0.3 is 12.3 Å². The fourth-order valence-electron chi connectivity index (χ4n) is 3.22. The van der Waals surface area contributed by atoms with Crippen LogP contribution in [0.15, 0.2) is 54.6 Å². The molecule has 1 atom stereocenters. The molecule has 0 aliphatic heterocycles. The molecule has 1 unspecified atom stereocenters. The first-order chi connectivity index (χ1) is 16.3. The summed E-state index contributed by atoms with van der Waals surface area (Å²) in [7, 11) is 1.68. The van der Waals surface area contributed by atoms with Crippen LogP contribution in [-0.2, 0) is 15.7 Å². The average molecular weight is 495 g/mol. The molecule has 2 aromatic carbocycles. The van der Waals surface area contributed by atoms with Crippen LogP contribution < -0.4 is 10.1 Å². The Morgan fingerprint density at radius 1 is 1.00 bits per heavy atom. The number of carbonyl (C=O) groups excluding carboxylic acids is 2.